The van der Waals surface area contributed by atoms with Gasteiger partial charge in [-0.1, -0.05) is 17.7 Å². The van der Waals surface area contributed by atoms with Gasteiger partial charge in [-0.15, -0.1) is 0 Å². The minimum Gasteiger partial charge on any atom is -0.491 e. The molecule has 0 bridgehead atoms. The van der Waals surface area contributed by atoms with Gasteiger partial charge in [0.05, 0.1) is 6.61 Å². The largest absolute Gasteiger partial charge is 0.491 e. The van der Waals surface area contributed by atoms with E-state index in [4.69, 9.17) is 26.2 Å². The lowest BCUT2D eigenvalue weighted by molar-refractivity contribution is 0.105. The fourth-order valence-electron chi connectivity index (χ4n) is 1.87. The first-order chi connectivity index (χ1) is 11.2. The van der Waals surface area contributed by atoms with Gasteiger partial charge < -0.3 is 25.0 Å². The lowest BCUT2D eigenvalue weighted by Gasteiger charge is -2.13. The summed E-state index contributed by atoms with van der Waals surface area (Å²) in [6.45, 7) is 1.00. The zero-order chi connectivity index (χ0) is 16.5. The predicted octanol–water partition coefficient (Wildman–Crippen LogP) is 2.45. The second-order valence-electron chi connectivity index (χ2n) is 4.92. The third-order valence-electron chi connectivity index (χ3n) is 2.97. The van der Waals surface area contributed by atoms with E-state index in [9.17, 15) is 5.11 Å². The smallest absolute Gasteiger partial charge is 0.131 e. The van der Waals surface area contributed by atoms with Gasteiger partial charge >= 0.3 is 0 Å². The van der Waals surface area contributed by atoms with E-state index in [0.717, 1.165) is 0 Å². The Morgan fingerprint density at radius 2 is 1.78 bits per heavy atom. The van der Waals surface area contributed by atoms with Crippen LogP contribution in [0.1, 0.15) is 0 Å². The van der Waals surface area contributed by atoms with E-state index >= 15 is 0 Å². The maximum absolute atomic E-state index is 9.75. The second-order valence-corrected chi connectivity index (χ2v) is 5.36. The average molecular weight is 338 g/mol. The fraction of sp³-hybridized carbons (Fsp3) is 0.294. The molecule has 6 heteroatoms. The molecule has 23 heavy (non-hydrogen) atoms. The van der Waals surface area contributed by atoms with E-state index < -0.39 is 6.10 Å². The van der Waals surface area contributed by atoms with Crippen LogP contribution in [0.5, 0.6) is 17.2 Å². The molecule has 2 aromatic carbocycles. The molecule has 0 aliphatic rings. The van der Waals surface area contributed by atoms with Gasteiger partial charge in [0.25, 0.3) is 0 Å². The molecule has 0 spiro atoms. The van der Waals surface area contributed by atoms with E-state index in [-0.39, 0.29) is 13.2 Å². The van der Waals surface area contributed by atoms with Crippen LogP contribution in [0.25, 0.3) is 0 Å². The zero-order valence-corrected chi connectivity index (χ0v) is 13.4. The summed E-state index contributed by atoms with van der Waals surface area (Å²) in [5.74, 6) is 1.93. The number of nitrogens with one attached hydrogen (secondary N) is 1. The molecule has 0 aliphatic carbocycles. The highest BCUT2D eigenvalue weighted by molar-refractivity contribution is 6.30. The Labute approximate surface area is 140 Å². The van der Waals surface area contributed by atoms with Crippen LogP contribution in [-0.2, 0) is 0 Å². The van der Waals surface area contributed by atoms with Gasteiger partial charge in [0.15, 0.2) is 0 Å². The molecule has 0 amide bonds. The number of rotatable bonds is 9. The molecule has 124 valence electrons. The number of ether oxygens (including phenoxy) is 2. The minimum absolute atomic E-state index is 0.0393. The Morgan fingerprint density at radius 1 is 1.04 bits per heavy atom. The van der Waals surface area contributed by atoms with Crippen molar-refractivity contribution in [3.8, 4) is 17.2 Å². The van der Waals surface area contributed by atoms with Crippen LogP contribution < -0.4 is 14.8 Å². The second kappa shape index (κ2) is 9.37. The molecular formula is C17H20ClNO4. The number of hydrogen-bond acceptors (Lipinski definition) is 5. The molecule has 3 N–H and O–H groups in total. The topological polar surface area (TPSA) is 71.0 Å². The number of aliphatic hydroxyl groups excluding tert-OH is 2. The fourth-order valence-corrected chi connectivity index (χ4v) is 1.99. The molecule has 0 aromatic heterocycles. The van der Waals surface area contributed by atoms with Gasteiger partial charge in [-0.3, -0.25) is 0 Å². The van der Waals surface area contributed by atoms with Crippen molar-refractivity contribution in [1.82, 2.24) is 5.32 Å². The van der Waals surface area contributed by atoms with Gasteiger partial charge in [0.1, 0.15) is 30.0 Å². The predicted molar refractivity (Wildman–Crippen MR) is 89.4 cm³/mol. The molecule has 0 heterocycles. The quantitative estimate of drug-likeness (QED) is 0.613. The maximum Gasteiger partial charge on any atom is 0.131 e. The summed E-state index contributed by atoms with van der Waals surface area (Å²) in [4.78, 5) is 0. The number of hydrogen-bond donors (Lipinski definition) is 3. The van der Waals surface area contributed by atoms with Crippen LogP contribution in [0.2, 0.25) is 5.02 Å². The van der Waals surface area contributed by atoms with Crippen molar-refractivity contribution >= 4 is 11.6 Å². The molecule has 2 rings (SSSR count). The van der Waals surface area contributed by atoms with E-state index in [0.29, 0.717) is 35.4 Å². The van der Waals surface area contributed by atoms with Crippen molar-refractivity contribution in [3.63, 3.8) is 0 Å². The summed E-state index contributed by atoms with van der Waals surface area (Å²) in [7, 11) is 0. The highest BCUT2D eigenvalue weighted by Gasteiger charge is 2.06. The van der Waals surface area contributed by atoms with Crippen molar-refractivity contribution < 1.29 is 19.7 Å². The Kier molecular flexibility index (Phi) is 7.16. The molecule has 0 saturated heterocycles. The lowest BCUT2D eigenvalue weighted by atomic mass is 10.3. The number of benzene rings is 2. The van der Waals surface area contributed by atoms with Gasteiger partial charge in [0, 0.05) is 24.2 Å². The molecule has 1 atom stereocenters. The Hall–Kier alpha value is -1.79. The first kappa shape index (κ1) is 17.6. The third-order valence-corrected chi connectivity index (χ3v) is 3.22. The van der Waals surface area contributed by atoms with Crippen molar-refractivity contribution in [1.29, 1.82) is 0 Å². The normalized spacial score (nSPS) is 12.0. The van der Waals surface area contributed by atoms with Crippen LogP contribution in [0.3, 0.4) is 0 Å². The highest BCUT2D eigenvalue weighted by atomic mass is 35.5. The summed E-state index contributed by atoms with van der Waals surface area (Å²) in [5, 5.41) is 22.0. The minimum atomic E-state index is -0.651. The van der Waals surface area contributed by atoms with Gasteiger partial charge in [-0.25, -0.2) is 0 Å². The SMILES string of the molecule is OCCNCC(O)COc1cccc(Oc2ccc(Cl)cc2)c1. The highest BCUT2D eigenvalue weighted by Crippen LogP contribution is 2.26. The van der Waals surface area contributed by atoms with Crippen LogP contribution in [-0.4, -0.2) is 42.6 Å². The van der Waals surface area contributed by atoms with E-state index in [1.54, 1.807) is 36.4 Å². The van der Waals surface area contributed by atoms with Crippen molar-refractivity contribution in [2.24, 2.45) is 0 Å². The summed E-state index contributed by atoms with van der Waals surface area (Å²) in [6.07, 6.45) is -0.651. The molecule has 0 aliphatic heterocycles. The summed E-state index contributed by atoms with van der Waals surface area (Å²) in [6, 6.07) is 14.3. The average Bonchev–Trinajstić information content (AvgIpc) is 2.56. The zero-order valence-electron chi connectivity index (χ0n) is 12.6. The van der Waals surface area contributed by atoms with Gasteiger partial charge in [-0.2, -0.15) is 0 Å². The lowest BCUT2D eigenvalue weighted by Crippen LogP contribution is -2.32. The number of aliphatic hydroxyl groups is 2. The molecule has 0 radical (unpaired) electrons. The monoisotopic (exact) mass is 337 g/mol. The van der Waals surface area contributed by atoms with Crippen molar-refractivity contribution in [2.45, 2.75) is 6.10 Å². The summed E-state index contributed by atoms with van der Waals surface area (Å²) in [5.41, 5.74) is 0. The first-order valence-corrected chi connectivity index (χ1v) is 7.71. The van der Waals surface area contributed by atoms with Gasteiger partial charge in [-0.05, 0) is 36.4 Å². The van der Waals surface area contributed by atoms with Crippen LogP contribution in [0, 0.1) is 0 Å². The van der Waals surface area contributed by atoms with Crippen molar-refractivity contribution in [2.75, 3.05) is 26.3 Å². The maximum atomic E-state index is 9.75. The van der Waals surface area contributed by atoms with Gasteiger partial charge in [0.2, 0.25) is 0 Å². The Balaban J connectivity index is 1.85. The van der Waals surface area contributed by atoms with E-state index in [1.807, 2.05) is 12.1 Å². The van der Waals surface area contributed by atoms with Crippen molar-refractivity contribution in [3.05, 3.63) is 53.6 Å². The third kappa shape index (κ3) is 6.46. The summed E-state index contributed by atoms with van der Waals surface area (Å²) < 4.78 is 11.3. The standard InChI is InChI=1S/C17H20ClNO4/c18-13-4-6-15(7-5-13)23-17-3-1-2-16(10-17)22-12-14(21)11-19-8-9-20/h1-7,10,14,19-21H,8-9,11-12H2. The Bertz CT molecular complexity index is 591. The van der Waals surface area contributed by atoms with Crippen LogP contribution in [0.4, 0.5) is 0 Å². The number of halogens is 1. The van der Waals surface area contributed by atoms with E-state index in [1.165, 1.54) is 0 Å². The van der Waals surface area contributed by atoms with Crippen LogP contribution in [0.15, 0.2) is 48.5 Å². The molecule has 0 saturated carbocycles. The Morgan fingerprint density at radius 3 is 2.52 bits per heavy atom. The summed E-state index contributed by atoms with van der Waals surface area (Å²) >= 11 is 5.84. The molecule has 5 nitrogen and oxygen atoms in total. The van der Waals surface area contributed by atoms with Crippen LogP contribution >= 0.6 is 11.6 Å². The molecule has 2 aromatic rings. The van der Waals surface area contributed by atoms with E-state index in [2.05, 4.69) is 5.32 Å². The molecule has 1 unspecified atom stereocenters. The first-order valence-electron chi connectivity index (χ1n) is 7.33. The molecular weight excluding hydrogens is 318 g/mol. The molecule has 0 fully saturated rings.